The van der Waals surface area contributed by atoms with Gasteiger partial charge in [-0.3, -0.25) is 0 Å². The fourth-order valence-corrected chi connectivity index (χ4v) is 3.50. The number of rotatable bonds is 3. The fraction of sp³-hybridized carbons (Fsp3) is 0.571. The first-order chi connectivity index (χ1) is 6.48. The third-order valence-corrected chi connectivity index (χ3v) is 3.89. The van der Waals surface area contributed by atoms with E-state index >= 15 is 0 Å². The Morgan fingerprint density at radius 3 is 2.36 bits per heavy atom. The average Bonchev–Trinajstić information content (AvgIpc) is 2.02. The highest BCUT2D eigenvalue weighted by atomic mass is 35.9. The molecule has 0 spiro atoms. The van der Waals surface area contributed by atoms with Crippen LogP contribution in [0, 0.1) is 0 Å². The van der Waals surface area contributed by atoms with Crippen LogP contribution in [0.3, 0.4) is 0 Å². The maximum Gasteiger partial charge on any atom is 0.256 e. The minimum atomic E-state index is -2.61. The summed E-state index contributed by atoms with van der Waals surface area (Å²) in [5.74, 6) is -1.90. The van der Waals surface area contributed by atoms with Crippen molar-refractivity contribution >= 4 is 45.2 Å². The zero-order valence-electron chi connectivity index (χ0n) is 7.91. The minimum absolute atomic E-state index is 0.320. The molecule has 0 N–H and O–H groups in total. The molecule has 80 valence electrons. The third kappa shape index (κ3) is 3.16. The van der Waals surface area contributed by atoms with Crippen molar-refractivity contribution in [3.05, 3.63) is 11.9 Å². The van der Waals surface area contributed by atoms with Gasteiger partial charge in [-0.05, 0) is 36.3 Å². The summed E-state index contributed by atoms with van der Waals surface area (Å²) in [5, 5.41) is 0.320. The molecule has 0 radical (unpaired) electrons. The van der Waals surface area contributed by atoms with E-state index in [1.165, 1.54) is 0 Å². The van der Waals surface area contributed by atoms with Crippen molar-refractivity contribution in [1.29, 1.82) is 0 Å². The number of halogens is 3. The lowest BCUT2D eigenvalue weighted by molar-refractivity contribution is 0.380. The number of nitrogens with zero attached hydrogens (tertiary/aromatic N) is 3. The molecule has 0 aromatic heterocycles. The Labute approximate surface area is 98.4 Å². The monoisotopic (exact) mass is 273 g/mol. The molecule has 0 aliphatic carbocycles. The highest BCUT2D eigenvalue weighted by molar-refractivity contribution is 8.09. The van der Waals surface area contributed by atoms with Gasteiger partial charge >= 0.3 is 0 Å². The van der Waals surface area contributed by atoms with Crippen molar-refractivity contribution < 1.29 is 0 Å². The molecule has 0 saturated heterocycles. The molecule has 0 atom stereocenters. The molecule has 0 aromatic carbocycles. The number of hydrogen-bond acceptors (Lipinski definition) is 3. The second kappa shape index (κ2) is 4.89. The predicted molar refractivity (Wildman–Crippen MR) is 65.3 cm³/mol. The second-order valence-corrected chi connectivity index (χ2v) is 7.70. The van der Waals surface area contributed by atoms with Crippen LogP contribution in [0.1, 0.15) is 13.8 Å². The summed E-state index contributed by atoms with van der Waals surface area (Å²) < 4.78 is 8.03. The smallest absolute Gasteiger partial charge is 0.256 e. The molecule has 0 unspecified atom stereocenters. The molecule has 1 rings (SSSR count). The van der Waals surface area contributed by atoms with Crippen LogP contribution < -0.4 is 0 Å². The van der Waals surface area contributed by atoms with E-state index in [2.05, 4.69) is 9.51 Å². The Morgan fingerprint density at radius 2 is 1.93 bits per heavy atom. The lowest BCUT2D eigenvalue weighted by Gasteiger charge is -2.23. The van der Waals surface area contributed by atoms with Crippen LogP contribution in [-0.2, 0) is 0 Å². The van der Waals surface area contributed by atoms with E-state index in [9.17, 15) is 0 Å². The summed E-state index contributed by atoms with van der Waals surface area (Å²) in [6, 6.07) is 0. The Morgan fingerprint density at radius 1 is 1.36 bits per heavy atom. The van der Waals surface area contributed by atoms with Crippen molar-refractivity contribution in [1.82, 2.24) is 4.90 Å². The Hall–Kier alpha value is 0.310. The standard InChI is InChI=1S/C7H11Cl3N3P/c1-3-13(4-2)7-5-6(8)11-14(9,10)12-7/h5H,3-4H2,1-2H3. The lowest BCUT2D eigenvalue weighted by Crippen LogP contribution is -2.22. The molecule has 1 aliphatic heterocycles. The van der Waals surface area contributed by atoms with Crippen LogP contribution in [0.5, 0.6) is 0 Å². The minimum Gasteiger partial charge on any atom is -0.357 e. The van der Waals surface area contributed by atoms with Gasteiger partial charge in [-0.1, -0.05) is 11.6 Å². The molecular formula is C7H11Cl3N3P. The first-order valence-corrected chi connectivity index (χ1v) is 8.10. The van der Waals surface area contributed by atoms with E-state index in [4.69, 9.17) is 34.1 Å². The van der Waals surface area contributed by atoms with E-state index in [1.54, 1.807) is 6.08 Å². The quantitative estimate of drug-likeness (QED) is 0.707. The van der Waals surface area contributed by atoms with E-state index in [-0.39, 0.29) is 0 Å². The zero-order chi connectivity index (χ0) is 10.8. The fourth-order valence-electron chi connectivity index (χ4n) is 1.13. The van der Waals surface area contributed by atoms with Gasteiger partial charge in [-0.15, -0.1) is 0 Å². The van der Waals surface area contributed by atoms with Gasteiger partial charge in [0.25, 0.3) is 5.91 Å². The molecule has 0 fully saturated rings. The molecule has 0 aromatic rings. The van der Waals surface area contributed by atoms with Crippen molar-refractivity contribution in [3.8, 4) is 0 Å². The van der Waals surface area contributed by atoms with Gasteiger partial charge in [0.2, 0.25) is 0 Å². The van der Waals surface area contributed by atoms with Crippen LogP contribution >= 0.6 is 40.0 Å². The van der Waals surface area contributed by atoms with Crippen molar-refractivity contribution in [2.45, 2.75) is 13.8 Å². The highest BCUT2D eigenvalue weighted by Gasteiger charge is 2.19. The van der Waals surface area contributed by atoms with Gasteiger partial charge in [0, 0.05) is 19.2 Å². The SMILES string of the molecule is CCN(CC)C1=CC(Cl)=NP(Cl)(Cl)=N1. The Bertz CT molecular complexity index is 327. The van der Waals surface area contributed by atoms with E-state index in [0.717, 1.165) is 13.1 Å². The maximum absolute atomic E-state index is 5.89. The normalized spacial score (nSPS) is 19.5. The summed E-state index contributed by atoms with van der Waals surface area (Å²) in [7, 11) is 0. The Kier molecular flexibility index (Phi) is 4.32. The van der Waals surface area contributed by atoms with Gasteiger partial charge in [-0.25, -0.2) is 4.76 Å². The van der Waals surface area contributed by atoms with E-state index < -0.39 is 5.91 Å². The molecule has 7 heteroatoms. The van der Waals surface area contributed by atoms with Crippen molar-refractivity contribution in [2.24, 2.45) is 9.51 Å². The second-order valence-electron chi connectivity index (χ2n) is 2.65. The first-order valence-electron chi connectivity index (χ1n) is 4.22. The predicted octanol–water partition coefficient (Wildman–Crippen LogP) is 4.24. The molecule has 14 heavy (non-hydrogen) atoms. The first kappa shape index (κ1) is 12.4. The van der Waals surface area contributed by atoms with Crippen LogP contribution in [0.15, 0.2) is 21.4 Å². The Balaban J connectivity index is 3.03. The van der Waals surface area contributed by atoms with Gasteiger partial charge in [0.1, 0.15) is 11.0 Å². The summed E-state index contributed by atoms with van der Waals surface area (Å²) in [6.07, 6.45) is 1.68. The molecule has 0 saturated carbocycles. The molecule has 0 amide bonds. The molecule has 0 bridgehead atoms. The van der Waals surface area contributed by atoms with Crippen molar-refractivity contribution in [3.63, 3.8) is 0 Å². The summed E-state index contributed by atoms with van der Waals surface area (Å²) in [4.78, 5) is 2.02. The summed E-state index contributed by atoms with van der Waals surface area (Å²) >= 11 is 17.6. The zero-order valence-corrected chi connectivity index (χ0v) is 11.1. The molecule has 1 aliphatic rings. The van der Waals surface area contributed by atoms with E-state index in [0.29, 0.717) is 11.0 Å². The third-order valence-electron chi connectivity index (χ3n) is 1.77. The average molecular weight is 275 g/mol. The van der Waals surface area contributed by atoms with Gasteiger partial charge in [0.05, 0.1) is 0 Å². The summed E-state index contributed by atoms with van der Waals surface area (Å²) in [5.41, 5.74) is 0. The largest absolute Gasteiger partial charge is 0.357 e. The number of hydrogen-bond donors (Lipinski definition) is 0. The number of allylic oxidation sites excluding steroid dienone is 1. The van der Waals surface area contributed by atoms with Crippen LogP contribution in [-0.4, -0.2) is 23.2 Å². The van der Waals surface area contributed by atoms with Crippen LogP contribution in [0.2, 0.25) is 0 Å². The van der Waals surface area contributed by atoms with Crippen LogP contribution in [0.25, 0.3) is 0 Å². The van der Waals surface area contributed by atoms with Crippen LogP contribution in [0.4, 0.5) is 0 Å². The molecule has 3 nitrogen and oxygen atoms in total. The lowest BCUT2D eigenvalue weighted by atomic mass is 10.4. The highest BCUT2D eigenvalue weighted by Crippen LogP contribution is 2.64. The van der Waals surface area contributed by atoms with Gasteiger partial charge in [-0.2, -0.15) is 4.74 Å². The summed E-state index contributed by atoms with van der Waals surface area (Å²) in [6.45, 7) is 5.73. The van der Waals surface area contributed by atoms with Gasteiger partial charge < -0.3 is 4.90 Å². The molecule has 1 heterocycles. The van der Waals surface area contributed by atoms with Gasteiger partial charge in [0.15, 0.2) is 0 Å². The topological polar surface area (TPSA) is 28.0 Å². The maximum atomic E-state index is 5.89. The van der Waals surface area contributed by atoms with Crippen molar-refractivity contribution in [2.75, 3.05) is 13.1 Å². The van der Waals surface area contributed by atoms with E-state index in [1.807, 2.05) is 18.7 Å². The molecular weight excluding hydrogens is 263 g/mol.